The van der Waals surface area contributed by atoms with Gasteiger partial charge in [-0.1, -0.05) is 11.6 Å². The first-order chi connectivity index (χ1) is 14.3. The summed E-state index contributed by atoms with van der Waals surface area (Å²) in [5, 5.41) is 9.04. The van der Waals surface area contributed by atoms with Crippen LogP contribution in [-0.2, 0) is 6.54 Å². The molecule has 0 bridgehead atoms. The van der Waals surface area contributed by atoms with E-state index in [-0.39, 0.29) is 47.8 Å². The van der Waals surface area contributed by atoms with Gasteiger partial charge in [-0.3, -0.25) is 4.90 Å². The number of hydrogen-bond acceptors (Lipinski definition) is 4. The number of rotatable bonds is 2. The molecule has 10 heteroatoms. The molecule has 0 aliphatic carbocycles. The highest BCUT2D eigenvalue weighted by Gasteiger charge is 2.35. The second-order valence-corrected chi connectivity index (χ2v) is 7.52. The summed E-state index contributed by atoms with van der Waals surface area (Å²) in [7, 11) is 1.26. The number of methoxy groups -OCH3 is 1. The van der Waals surface area contributed by atoms with Crippen molar-refractivity contribution in [2.45, 2.75) is 12.6 Å². The van der Waals surface area contributed by atoms with E-state index in [9.17, 15) is 18.7 Å². The van der Waals surface area contributed by atoms with Crippen LogP contribution in [0.1, 0.15) is 5.56 Å². The van der Waals surface area contributed by atoms with E-state index in [2.05, 4.69) is 0 Å². The van der Waals surface area contributed by atoms with Gasteiger partial charge in [0, 0.05) is 37.3 Å². The van der Waals surface area contributed by atoms with Gasteiger partial charge in [0.15, 0.2) is 11.6 Å². The Morgan fingerprint density at radius 3 is 2.70 bits per heavy atom. The van der Waals surface area contributed by atoms with E-state index in [1.807, 2.05) is 4.90 Å². The second-order valence-electron chi connectivity index (χ2n) is 7.14. The molecule has 0 radical (unpaired) electrons. The van der Waals surface area contributed by atoms with E-state index in [1.54, 1.807) is 0 Å². The summed E-state index contributed by atoms with van der Waals surface area (Å²) < 4.78 is 54.4. The lowest BCUT2D eigenvalue weighted by Gasteiger charge is -2.38. The van der Waals surface area contributed by atoms with E-state index in [0.717, 1.165) is 6.07 Å². The molecule has 0 aromatic heterocycles. The molecule has 1 atom stereocenters. The molecule has 0 spiro atoms. The largest absolute Gasteiger partial charge is 0.496 e. The Morgan fingerprint density at radius 1 is 1.23 bits per heavy atom. The van der Waals surface area contributed by atoms with Gasteiger partial charge in [-0.05, 0) is 18.2 Å². The van der Waals surface area contributed by atoms with Crippen LogP contribution in [0.3, 0.4) is 0 Å². The summed E-state index contributed by atoms with van der Waals surface area (Å²) in [6.07, 6.45) is -1.02. The van der Waals surface area contributed by atoms with Gasteiger partial charge >= 0.3 is 6.09 Å². The molecule has 1 fully saturated rings. The fourth-order valence-corrected chi connectivity index (χ4v) is 4.28. The lowest BCUT2D eigenvalue weighted by Crippen LogP contribution is -2.55. The number of nitrogens with zero attached hydrogens (tertiary/aromatic N) is 2. The predicted molar refractivity (Wildman–Crippen MR) is 103 cm³/mol. The Morgan fingerprint density at radius 2 is 2.00 bits per heavy atom. The SMILES string of the molecule is COc1ccc(F)c(F)c1-c1c(F)cc2c(c1Cl)OC[C@H]1CN(C(=O)O)CCN1C2. The van der Waals surface area contributed by atoms with Crippen molar-refractivity contribution in [2.75, 3.05) is 33.4 Å². The molecule has 1 amide bonds. The summed E-state index contributed by atoms with van der Waals surface area (Å²) in [6, 6.07) is 3.02. The molecule has 2 aromatic carbocycles. The summed E-state index contributed by atoms with van der Waals surface area (Å²) in [5.74, 6) is -3.19. The highest BCUT2D eigenvalue weighted by molar-refractivity contribution is 6.35. The molecule has 2 aliphatic heterocycles. The van der Waals surface area contributed by atoms with Crippen LogP contribution in [0.4, 0.5) is 18.0 Å². The van der Waals surface area contributed by atoms with Crippen molar-refractivity contribution in [3.05, 3.63) is 46.2 Å². The number of benzene rings is 2. The van der Waals surface area contributed by atoms with Crippen LogP contribution < -0.4 is 9.47 Å². The summed E-state index contributed by atoms with van der Waals surface area (Å²) in [4.78, 5) is 14.6. The number of fused-ring (bicyclic) bond motifs is 2. The van der Waals surface area contributed by atoms with E-state index in [1.165, 1.54) is 24.1 Å². The van der Waals surface area contributed by atoms with Crippen LogP contribution in [0.5, 0.6) is 11.5 Å². The van der Waals surface area contributed by atoms with Gasteiger partial charge in [-0.15, -0.1) is 0 Å². The number of halogens is 4. The quantitative estimate of drug-likeness (QED) is 0.762. The summed E-state index contributed by atoms with van der Waals surface area (Å²) in [6.45, 7) is 1.41. The standard InChI is InChI=1S/C20H18ClF3N2O4/c1-29-14-3-2-12(22)18(24)16(14)15-13(23)6-10-7-25-4-5-26(20(27)28)8-11(25)9-30-19(10)17(15)21/h2-3,6,11H,4-5,7-9H2,1H3,(H,27,28)/t11-/m1/s1. The lowest BCUT2D eigenvalue weighted by atomic mass is 9.99. The van der Waals surface area contributed by atoms with Gasteiger partial charge in [0.2, 0.25) is 0 Å². The smallest absolute Gasteiger partial charge is 0.407 e. The number of ether oxygens (including phenoxy) is 2. The number of piperazine rings is 1. The topological polar surface area (TPSA) is 62.2 Å². The van der Waals surface area contributed by atoms with Crippen LogP contribution in [0.15, 0.2) is 18.2 Å². The molecule has 2 aliphatic rings. The van der Waals surface area contributed by atoms with Crippen molar-refractivity contribution in [1.82, 2.24) is 9.80 Å². The number of carboxylic acid groups (broad SMARTS) is 1. The first-order valence-electron chi connectivity index (χ1n) is 9.19. The fraction of sp³-hybridized carbons (Fsp3) is 0.350. The van der Waals surface area contributed by atoms with Crippen LogP contribution in [0.25, 0.3) is 11.1 Å². The summed E-state index contributed by atoms with van der Waals surface area (Å²) in [5.41, 5.74) is -0.329. The van der Waals surface area contributed by atoms with Gasteiger partial charge in [0.25, 0.3) is 0 Å². The minimum absolute atomic E-state index is 0.0715. The maximum Gasteiger partial charge on any atom is 0.407 e. The minimum atomic E-state index is -1.28. The zero-order valence-corrected chi connectivity index (χ0v) is 16.7. The molecule has 2 heterocycles. The van der Waals surface area contributed by atoms with Gasteiger partial charge in [0.1, 0.15) is 23.9 Å². The van der Waals surface area contributed by atoms with E-state index >= 15 is 4.39 Å². The van der Waals surface area contributed by atoms with Crippen molar-refractivity contribution in [3.63, 3.8) is 0 Å². The predicted octanol–water partition coefficient (Wildman–Crippen LogP) is 3.99. The number of carbonyl (C=O) groups is 1. The van der Waals surface area contributed by atoms with E-state index in [4.69, 9.17) is 21.1 Å². The Balaban J connectivity index is 1.77. The van der Waals surface area contributed by atoms with Crippen molar-refractivity contribution >= 4 is 17.7 Å². The Bertz CT molecular complexity index is 1020. The van der Waals surface area contributed by atoms with Crippen LogP contribution in [0.2, 0.25) is 5.02 Å². The highest BCUT2D eigenvalue weighted by Crippen LogP contribution is 2.46. The van der Waals surface area contributed by atoms with Crippen LogP contribution >= 0.6 is 11.6 Å². The Hall–Kier alpha value is -2.65. The van der Waals surface area contributed by atoms with Crippen molar-refractivity contribution in [1.29, 1.82) is 0 Å². The fourth-order valence-electron chi connectivity index (χ4n) is 3.92. The molecular weight excluding hydrogens is 425 g/mol. The number of amides is 1. The number of hydrogen-bond donors (Lipinski definition) is 1. The minimum Gasteiger partial charge on any atom is -0.496 e. The molecule has 0 unspecified atom stereocenters. The van der Waals surface area contributed by atoms with Gasteiger partial charge in [-0.25, -0.2) is 18.0 Å². The third-order valence-corrected chi connectivity index (χ3v) is 5.81. The molecule has 1 N–H and O–H groups in total. The maximum absolute atomic E-state index is 15.1. The monoisotopic (exact) mass is 442 g/mol. The van der Waals surface area contributed by atoms with Gasteiger partial charge < -0.3 is 19.5 Å². The van der Waals surface area contributed by atoms with Crippen molar-refractivity contribution in [3.8, 4) is 22.6 Å². The molecule has 30 heavy (non-hydrogen) atoms. The Labute approximate surface area is 175 Å². The molecule has 0 saturated carbocycles. The van der Waals surface area contributed by atoms with Gasteiger partial charge in [0.05, 0.1) is 23.7 Å². The second kappa shape index (κ2) is 7.88. The molecule has 4 rings (SSSR count). The average molecular weight is 443 g/mol. The maximum atomic E-state index is 15.1. The third-order valence-electron chi connectivity index (χ3n) is 5.45. The first kappa shape index (κ1) is 20.6. The van der Waals surface area contributed by atoms with Crippen molar-refractivity contribution in [2.24, 2.45) is 0 Å². The van der Waals surface area contributed by atoms with Crippen LogP contribution in [0, 0.1) is 17.5 Å². The normalized spacial score (nSPS) is 18.8. The third kappa shape index (κ3) is 3.41. The Kier molecular flexibility index (Phi) is 5.42. The first-order valence-corrected chi connectivity index (χ1v) is 9.57. The van der Waals surface area contributed by atoms with Gasteiger partial charge in [-0.2, -0.15) is 0 Å². The average Bonchev–Trinajstić information content (AvgIpc) is 2.89. The van der Waals surface area contributed by atoms with E-state index < -0.39 is 29.1 Å². The zero-order chi connectivity index (χ0) is 21.6. The highest BCUT2D eigenvalue weighted by atomic mass is 35.5. The zero-order valence-electron chi connectivity index (χ0n) is 15.9. The van der Waals surface area contributed by atoms with Crippen molar-refractivity contribution < 1.29 is 32.5 Å². The molecule has 2 aromatic rings. The summed E-state index contributed by atoms with van der Waals surface area (Å²) >= 11 is 6.44. The lowest BCUT2D eigenvalue weighted by molar-refractivity contribution is 0.0503. The molecule has 160 valence electrons. The molecule has 1 saturated heterocycles. The molecular formula is C20H18ClF3N2O4. The molecule has 6 nitrogen and oxygen atoms in total. The van der Waals surface area contributed by atoms with Crippen LogP contribution in [-0.4, -0.2) is 60.4 Å². The van der Waals surface area contributed by atoms with E-state index in [0.29, 0.717) is 18.7 Å².